The molecule has 5 nitrogen and oxygen atoms in total. The first-order valence-electron chi connectivity index (χ1n) is 6.72. The van der Waals surface area contributed by atoms with Crippen molar-refractivity contribution in [1.29, 1.82) is 0 Å². The van der Waals surface area contributed by atoms with Crippen LogP contribution in [0, 0.1) is 17.4 Å². The van der Waals surface area contributed by atoms with Gasteiger partial charge in [-0.3, -0.25) is 4.72 Å². The second-order valence-electron chi connectivity index (χ2n) is 5.04. The minimum Gasteiger partial charge on any atom is -0.465 e. The van der Waals surface area contributed by atoms with Gasteiger partial charge in [0.2, 0.25) is 0 Å². The van der Waals surface area contributed by atoms with Crippen LogP contribution in [0.5, 0.6) is 0 Å². The number of hydrogen-bond donors (Lipinski definition) is 1. The molecular weight excluding hydrogens is 429 g/mol. The molecule has 0 amide bonds. The Kier molecular flexibility index (Phi) is 5.30. The van der Waals surface area contributed by atoms with Crippen LogP contribution in [0.25, 0.3) is 0 Å². The van der Waals surface area contributed by atoms with Gasteiger partial charge < -0.3 is 4.74 Å². The van der Waals surface area contributed by atoms with Gasteiger partial charge in [-0.25, -0.2) is 13.2 Å². The van der Waals surface area contributed by atoms with Gasteiger partial charge in [-0.15, -0.1) is 0 Å². The Bertz CT molecular complexity index is 862. The smallest absolute Gasteiger partial charge is 0.337 e. The van der Waals surface area contributed by atoms with Crippen LogP contribution in [-0.2, 0) is 14.8 Å². The van der Waals surface area contributed by atoms with Crippen LogP contribution in [0.3, 0.4) is 0 Å². The standard InChI is InChI=1S/C16H16INO4S/c1-10-4-5-12(16(19)22-3)9-15(10)23(20,21)18-14-7-6-13(17)8-11(14)2/h4-9,18H,1-3H3. The van der Waals surface area contributed by atoms with Crippen LogP contribution in [-0.4, -0.2) is 21.5 Å². The molecule has 0 spiro atoms. The number of benzene rings is 2. The topological polar surface area (TPSA) is 72.5 Å². The number of sulfonamides is 1. The summed E-state index contributed by atoms with van der Waals surface area (Å²) in [6, 6.07) is 9.87. The Morgan fingerprint density at radius 1 is 1.09 bits per heavy atom. The number of hydrogen-bond acceptors (Lipinski definition) is 4. The Balaban J connectivity index is 2.45. The lowest BCUT2D eigenvalue weighted by Crippen LogP contribution is -2.16. The van der Waals surface area contributed by atoms with Crippen molar-refractivity contribution in [3.8, 4) is 0 Å². The molecule has 0 saturated heterocycles. The third kappa shape index (κ3) is 4.03. The first-order valence-corrected chi connectivity index (χ1v) is 9.29. The van der Waals surface area contributed by atoms with Crippen molar-refractivity contribution in [3.05, 3.63) is 56.7 Å². The van der Waals surface area contributed by atoms with Crippen LogP contribution < -0.4 is 4.72 Å². The van der Waals surface area contributed by atoms with Gasteiger partial charge in [0.25, 0.3) is 10.0 Å². The quantitative estimate of drug-likeness (QED) is 0.578. The zero-order valence-electron chi connectivity index (χ0n) is 12.9. The lowest BCUT2D eigenvalue weighted by Gasteiger charge is -2.13. The lowest BCUT2D eigenvalue weighted by atomic mass is 10.1. The summed E-state index contributed by atoms with van der Waals surface area (Å²) < 4.78 is 33.5. The Morgan fingerprint density at radius 3 is 2.39 bits per heavy atom. The summed E-state index contributed by atoms with van der Waals surface area (Å²) in [7, 11) is -2.55. The number of carbonyl (C=O) groups is 1. The van der Waals surface area contributed by atoms with Crippen molar-refractivity contribution in [2.75, 3.05) is 11.8 Å². The molecule has 2 rings (SSSR count). The van der Waals surface area contributed by atoms with Crippen LogP contribution in [0.4, 0.5) is 5.69 Å². The SMILES string of the molecule is COC(=O)c1ccc(C)c(S(=O)(=O)Nc2ccc(I)cc2C)c1. The van der Waals surface area contributed by atoms with Crippen LogP contribution >= 0.6 is 22.6 Å². The minimum absolute atomic E-state index is 0.0540. The van der Waals surface area contributed by atoms with E-state index in [1.807, 2.05) is 19.1 Å². The fraction of sp³-hybridized carbons (Fsp3) is 0.188. The molecule has 2 aromatic carbocycles. The molecule has 1 N–H and O–H groups in total. The van der Waals surface area contributed by atoms with Crippen molar-refractivity contribution >= 4 is 44.3 Å². The summed E-state index contributed by atoms with van der Waals surface area (Å²) in [6.45, 7) is 3.51. The highest BCUT2D eigenvalue weighted by atomic mass is 127. The van der Waals surface area contributed by atoms with E-state index in [2.05, 4.69) is 32.0 Å². The Labute approximate surface area is 149 Å². The number of nitrogens with one attached hydrogen (secondary N) is 1. The zero-order valence-corrected chi connectivity index (χ0v) is 15.9. The number of ether oxygens (including phenoxy) is 1. The summed E-state index contributed by atoms with van der Waals surface area (Å²) in [5, 5.41) is 0. The van der Waals surface area contributed by atoms with E-state index in [9.17, 15) is 13.2 Å². The van der Waals surface area contributed by atoms with E-state index in [-0.39, 0.29) is 10.5 Å². The maximum atomic E-state index is 12.7. The molecule has 0 aliphatic heterocycles. The summed E-state index contributed by atoms with van der Waals surface area (Å²) in [4.78, 5) is 11.7. The molecule has 0 aromatic heterocycles. The van der Waals surface area contributed by atoms with Crippen molar-refractivity contribution in [3.63, 3.8) is 0 Å². The van der Waals surface area contributed by atoms with E-state index in [0.29, 0.717) is 11.3 Å². The molecule has 0 bridgehead atoms. The highest BCUT2D eigenvalue weighted by Gasteiger charge is 2.20. The summed E-state index contributed by atoms with van der Waals surface area (Å²) in [5.41, 5.74) is 2.07. The number of anilines is 1. The molecule has 0 unspecified atom stereocenters. The van der Waals surface area contributed by atoms with Crippen molar-refractivity contribution in [2.24, 2.45) is 0 Å². The van der Waals surface area contributed by atoms with Crippen LogP contribution in [0.15, 0.2) is 41.3 Å². The molecule has 2 aromatic rings. The second-order valence-corrected chi connectivity index (χ2v) is 7.93. The number of halogens is 1. The average Bonchev–Trinajstić information content (AvgIpc) is 2.49. The normalized spacial score (nSPS) is 11.1. The zero-order chi connectivity index (χ0) is 17.2. The fourth-order valence-corrected chi connectivity index (χ4v) is 4.13. The van der Waals surface area contributed by atoms with Crippen molar-refractivity contribution < 1.29 is 17.9 Å². The maximum Gasteiger partial charge on any atom is 0.337 e. The summed E-state index contributed by atoms with van der Waals surface area (Å²) in [5.74, 6) is -0.577. The molecule has 0 heterocycles. The number of esters is 1. The molecule has 0 fully saturated rings. The molecule has 23 heavy (non-hydrogen) atoms. The first kappa shape index (κ1) is 17.7. The molecule has 0 aliphatic rings. The predicted octanol–water partition coefficient (Wildman–Crippen LogP) is 3.50. The molecule has 122 valence electrons. The van der Waals surface area contributed by atoms with Gasteiger partial charge in [-0.2, -0.15) is 0 Å². The predicted molar refractivity (Wildman–Crippen MR) is 97.2 cm³/mol. The second kappa shape index (κ2) is 6.88. The van der Waals surface area contributed by atoms with Gasteiger partial charge in [0, 0.05) is 3.57 Å². The van der Waals surface area contributed by atoms with Crippen LogP contribution in [0.1, 0.15) is 21.5 Å². The third-order valence-electron chi connectivity index (χ3n) is 3.33. The molecule has 0 radical (unpaired) electrons. The number of methoxy groups -OCH3 is 1. The van der Waals surface area contributed by atoms with Gasteiger partial charge in [0.05, 0.1) is 23.3 Å². The first-order chi connectivity index (χ1) is 10.7. The van der Waals surface area contributed by atoms with Crippen molar-refractivity contribution in [1.82, 2.24) is 0 Å². The van der Waals surface area contributed by atoms with Crippen molar-refractivity contribution in [2.45, 2.75) is 18.7 Å². The molecule has 0 atom stereocenters. The average molecular weight is 445 g/mol. The van der Waals surface area contributed by atoms with E-state index in [0.717, 1.165) is 9.13 Å². The maximum absolute atomic E-state index is 12.7. The van der Waals surface area contributed by atoms with Gasteiger partial charge in [-0.1, -0.05) is 6.07 Å². The van der Waals surface area contributed by atoms with Gasteiger partial charge >= 0.3 is 5.97 Å². The largest absolute Gasteiger partial charge is 0.465 e. The van der Waals surface area contributed by atoms with Gasteiger partial charge in [-0.05, 0) is 77.9 Å². The van der Waals surface area contributed by atoms with Gasteiger partial charge in [0.1, 0.15) is 0 Å². The highest BCUT2D eigenvalue weighted by molar-refractivity contribution is 14.1. The highest BCUT2D eigenvalue weighted by Crippen LogP contribution is 2.24. The monoisotopic (exact) mass is 445 g/mol. The molecule has 7 heteroatoms. The molecular formula is C16H16INO4S. The fourth-order valence-electron chi connectivity index (χ4n) is 2.08. The van der Waals surface area contributed by atoms with E-state index in [4.69, 9.17) is 0 Å². The van der Waals surface area contributed by atoms with E-state index in [1.165, 1.54) is 19.2 Å². The Morgan fingerprint density at radius 2 is 1.78 bits per heavy atom. The minimum atomic E-state index is -3.80. The summed E-state index contributed by atoms with van der Waals surface area (Å²) in [6.07, 6.45) is 0. The lowest BCUT2D eigenvalue weighted by molar-refractivity contribution is 0.0600. The summed E-state index contributed by atoms with van der Waals surface area (Å²) >= 11 is 2.16. The Hall–Kier alpha value is -1.61. The molecule has 0 aliphatic carbocycles. The molecule has 0 saturated carbocycles. The van der Waals surface area contributed by atoms with E-state index < -0.39 is 16.0 Å². The number of rotatable bonds is 4. The van der Waals surface area contributed by atoms with E-state index >= 15 is 0 Å². The van der Waals surface area contributed by atoms with Gasteiger partial charge in [0.15, 0.2) is 0 Å². The number of carbonyl (C=O) groups excluding carboxylic acids is 1. The van der Waals surface area contributed by atoms with E-state index in [1.54, 1.807) is 19.1 Å². The number of aryl methyl sites for hydroxylation is 2. The van der Waals surface area contributed by atoms with Crippen LogP contribution in [0.2, 0.25) is 0 Å². The third-order valence-corrected chi connectivity index (χ3v) is 5.51.